The van der Waals surface area contributed by atoms with Gasteiger partial charge in [0.1, 0.15) is 11.2 Å². The number of nitrogens with zero attached hydrogens (tertiary/aromatic N) is 3. The van der Waals surface area contributed by atoms with Gasteiger partial charge in [-0.2, -0.15) is 0 Å². The van der Waals surface area contributed by atoms with Crippen LogP contribution in [0, 0.1) is 0 Å². The van der Waals surface area contributed by atoms with Crippen molar-refractivity contribution in [3.8, 4) is 11.4 Å². The molecule has 11 rings (SSSR count). The van der Waals surface area contributed by atoms with E-state index in [0.717, 1.165) is 55.9 Å². The number of rotatable bonds is 5. The number of hydrogen-bond donors (Lipinski definition) is 0. The Morgan fingerprint density at radius 3 is 1.62 bits per heavy atom. The van der Waals surface area contributed by atoms with Crippen molar-refractivity contribution in [3.63, 3.8) is 0 Å². The van der Waals surface area contributed by atoms with E-state index in [1.54, 1.807) is 0 Å². The third kappa shape index (κ3) is 4.21. The van der Waals surface area contributed by atoms with E-state index < -0.39 is 0 Å². The van der Waals surface area contributed by atoms with Crippen LogP contribution >= 0.6 is 0 Å². The van der Waals surface area contributed by atoms with Crippen LogP contribution in [-0.2, 0) is 0 Å². The van der Waals surface area contributed by atoms with Crippen LogP contribution in [0.4, 0.5) is 17.1 Å². The molecule has 4 heteroatoms. The second-order valence-corrected chi connectivity index (χ2v) is 13.4. The highest BCUT2D eigenvalue weighted by molar-refractivity contribution is 6.17. The molecule has 0 radical (unpaired) electrons. The van der Waals surface area contributed by atoms with Crippen molar-refractivity contribution >= 4 is 82.6 Å². The van der Waals surface area contributed by atoms with Gasteiger partial charge in [-0.15, -0.1) is 0 Å². The highest BCUT2D eigenvalue weighted by atomic mass is 16.3. The monoisotopic (exact) mass is 665 g/mol. The lowest BCUT2D eigenvalue weighted by molar-refractivity contribution is 0.669. The molecule has 0 aliphatic rings. The molecule has 0 fully saturated rings. The number of fused-ring (bicyclic) bond motifs is 9. The second-order valence-electron chi connectivity index (χ2n) is 13.4. The van der Waals surface area contributed by atoms with E-state index in [1.165, 1.54) is 38.1 Å². The fourth-order valence-corrected chi connectivity index (χ4v) is 8.28. The molecule has 244 valence electrons. The van der Waals surface area contributed by atoms with Crippen LogP contribution in [0.3, 0.4) is 0 Å². The van der Waals surface area contributed by atoms with E-state index in [9.17, 15) is 0 Å². The molecule has 0 N–H and O–H groups in total. The third-order valence-electron chi connectivity index (χ3n) is 10.5. The van der Waals surface area contributed by atoms with E-state index >= 15 is 0 Å². The highest BCUT2D eigenvalue weighted by Gasteiger charge is 2.24. The molecular formula is C48H31N3O. The number of furan rings is 1. The summed E-state index contributed by atoms with van der Waals surface area (Å²) in [5.74, 6) is 0. The van der Waals surface area contributed by atoms with Gasteiger partial charge in [0.2, 0.25) is 0 Å². The van der Waals surface area contributed by atoms with Gasteiger partial charge in [0.05, 0.1) is 33.4 Å². The molecule has 0 unspecified atom stereocenters. The Morgan fingerprint density at radius 2 is 0.904 bits per heavy atom. The van der Waals surface area contributed by atoms with Crippen LogP contribution in [0.5, 0.6) is 0 Å². The first kappa shape index (κ1) is 28.8. The molecule has 0 aliphatic carbocycles. The molecule has 8 aromatic carbocycles. The summed E-state index contributed by atoms with van der Waals surface area (Å²) in [5, 5.41) is 7.09. The lowest BCUT2D eigenvalue weighted by atomic mass is 10.1. The van der Waals surface area contributed by atoms with Crippen molar-refractivity contribution in [2.75, 3.05) is 4.90 Å². The zero-order valence-electron chi connectivity index (χ0n) is 28.1. The number of anilines is 3. The van der Waals surface area contributed by atoms with Gasteiger partial charge in [-0.1, -0.05) is 109 Å². The summed E-state index contributed by atoms with van der Waals surface area (Å²) >= 11 is 0. The van der Waals surface area contributed by atoms with E-state index in [2.05, 4.69) is 190 Å². The van der Waals surface area contributed by atoms with Crippen LogP contribution < -0.4 is 4.90 Å². The van der Waals surface area contributed by atoms with Crippen molar-refractivity contribution in [1.82, 2.24) is 9.13 Å². The SMILES string of the molecule is c1ccc(N(c2ccc3oc4ccccc4c3c2)c2cc(-n3c4ccccc4c4ccccc43)c3c4ccccc4n(-c4ccccc4)c3c2)cc1. The largest absolute Gasteiger partial charge is 0.456 e. The first-order chi connectivity index (χ1) is 25.8. The van der Waals surface area contributed by atoms with E-state index in [4.69, 9.17) is 4.42 Å². The Labute approximate surface area is 299 Å². The minimum Gasteiger partial charge on any atom is -0.456 e. The summed E-state index contributed by atoms with van der Waals surface area (Å²) in [6, 6.07) is 67.3. The first-order valence-electron chi connectivity index (χ1n) is 17.7. The van der Waals surface area contributed by atoms with Gasteiger partial charge >= 0.3 is 0 Å². The van der Waals surface area contributed by atoms with Crippen molar-refractivity contribution in [2.45, 2.75) is 0 Å². The maximum Gasteiger partial charge on any atom is 0.135 e. The van der Waals surface area contributed by atoms with Crippen LogP contribution in [0.15, 0.2) is 192 Å². The average molecular weight is 666 g/mol. The summed E-state index contributed by atoms with van der Waals surface area (Å²) in [7, 11) is 0. The van der Waals surface area contributed by atoms with Gasteiger partial charge in [-0.25, -0.2) is 0 Å². The van der Waals surface area contributed by atoms with E-state index in [0.29, 0.717) is 0 Å². The van der Waals surface area contributed by atoms with Gasteiger partial charge in [-0.3, -0.25) is 0 Å². The van der Waals surface area contributed by atoms with Gasteiger partial charge in [0, 0.05) is 49.4 Å². The Bertz CT molecular complexity index is 3080. The average Bonchev–Trinajstić information content (AvgIpc) is 3.86. The Kier molecular flexibility index (Phi) is 6.22. The molecular weight excluding hydrogens is 635 g/mol. The van der Waals surface area contributed by atoms with Crippen molar-refractivity contribution in [2.24, 2.45) is 0 Å². The fourth-order valence-electron chi connectivity index (χ4n) is 8.28. The van der Waals surface area contributed by atoms with Crippen LogP contribution in [0.25, 0.3) is 76.9 Å². The molecule has 52 heavy (non-hydrogen) atoms. The Balaban J connectivity index is 1.30. The first-order valence-corrected chi connectivity index (χ1v) is 17.7. The lowest BCUT2D eigenvalue weighted by Crippen LogP contribution is -2.11. The topological polar surface area (TPSA) is 26.2 Å². The fraction of sp³-hybridized carbons (Fsp3) is 0. The van der Waals surface area contributed by atoms with E-state index in [1.807, 2.05) is 12.1 Å². The zero-order valence-corrected chi connectivity index (χ0v) is 28.1. The molecule has 0 amide bonds. The summed E-state index contributed by atoms with van der Waals surface area (Å²) in [5.41, 5.74) is 11.9. The van der Waals surface area contributed by atoms with Crippen molar-refractivity contribution in [3.05, 3.63) is 188 Å². The normalized spacial score (nSPS) is 11.8. The number of aromatic nitrogens is 2. The summed E-state index contributed by atoms with van der Waals surface area (Å²) in [6.07, 6.45) is 0. The molecule has 11 aromatic rings. The molecule has 3 aromatic heterocycles. The summed E-state index contributed by atoms with van der Waals surface area (Å²) in [6.45, 7) is 0. The minimum absolute atomic E-state index is 0.878. The lowest BCUT2D eigenvalue weighted by Gasteiger charge is -2.27. The summed E-state index contributed by atoms with van der Waals surface area (Å²) in [4.78, 5) is 2.38. The van der Waals surface area contributed by atoms with Gasteiger partial charge < -0.3 is 18.5 Å². The van der Waals surface area contributed by atoms with Crippen molar-refractivity contribution in [1.29, 1.82) is 0 Å². The van der Waals surface area contributed by atoms with Gasteiger partial charge in [0.15, 0.2) is 0 Å². The van der Waals surface area contributed by atoms with Gasteiger partial charge in [-0.05, 0) is 78.9 Å². The molecule has 4 nitrogen and oxygen atoms in total. The molecule has 0 aliphatic heterocycles. The van der Waals surface area contributed by atoms with Crippen LogP contribution in [-0.4, -0.2) is 9.13 Å². The van der Waals surface area contributed by atoms with Crippen molar-refractivity contribution < 1.29 is 4.42 Å². The maximum absolute atomic E-state index is 6.28. The molecule has 0 atom stereocenters. The number of hydrogen-bond acceptors (Lipinski definition) is 2. The second kappa shape index (κ2) is 11.2. The predicted octanol–water partition coefficient (Wildman–Crippen LogP) is 13.2. The van der Waals surface area contributed by atoms with Crippen LogP contribution in [0.2, 0.25) is 0 Å². The minimum atomic E-state index is 0.878. The molecule has 0 saturated carbocycles. The van der Waals surface area contributed by atoms with Crippen LogP contribution in [0.1, 0.15) is 0 Å². The van der Waals surface area contributed by atoms with Gasteiger partial charge in [0.25, 0.3) is 0 Å². The zero-order chi connectivity index (χ0) is 34.2. The standard InChI is InChI=1S/C48H31N3O/c1-3-15-32(16-4-1)49(34-27-28-47-40(29-34)38-21-10-14-26-46(38)52-47)35-30-44-48(39-22-9-13-25-43(39)50(44)33-17-5-2-6-18-33)45(31-35)51-41-23-11-7-19-36(41)37-20-8-12-24-42(37)51/h1-31H. The molecule has 3 heterocycles. The summed E-state index contributed by atoms with van der Waals surface area (Å²) < 4.78 is 11.2. The Hall–Kier alpha value is -7.04. The predicted molar refractivity (Wildman–Crippen MR) is 217 cm³/mol. The Morgan fingerprint density at radius 1 is 0.346 bits per heavy atom. The number of para-hydroxylation sites is 6. The molecule has 0 saturated heterocycles. The highest BCUT2D eigenvalue weighted by Crippen LogP contribution is 2.45. The molecule has 0 bridgehead atoms. The smallest absolute Gasteiger partial charge is 0.135 e. The number of benzene rings is 8. The maximum atomic E-state index is 6.28. The van der Waals surface area contributed by atoms with E-state index in [-0.39, 0.29) is 0 Å². The molecule has 0 spiro atoms. The third-order valence-corrected chi connectivity index (χ3v) is 10.5. The quantitative estimate of drug-likeness (QED) is 0.183.